The summed E-state index contributed by atoms with van der Waals surface area (Å²) in [5, 5.41) is 11.6. The van der Waals surface area contributed by atoms with Crippen molar-refractivity contribution in [3.05, 3.63) is 30.3 Å². The molecule has 0 bridgehead atoms. The molecule has 0 aliphatic carbocycles. The van der Waals surface area contributed by atoms with Crippen LogP contribution in [0.3, 0.4) is 0 Å². The second-order valence-electron chi connectivity index (χ2n) is 7.01. The van der Waals surface area contributed by atoms with Gasteiger partial charge in [-0.25, -0.2) is 0 Å². The van der Waals surface area contributed by atoms with Crippen LogP contribution in [0.25, 0.3) is 0 Å². The highest BCUT2D eigenvalue weighted by Gasteiger charge is 2.27. The second-order valence-corrected chi connectivity index (χ2v) is 7.01. The maximum atomic E-state index is 12.3. The van der Waals surface area contributed by atoms with Crippen LogP contribution in [-0.2, 0) is 14.4 Å². The number of hydrogen-bond donors (Lipinski definition) is 2. The van der Waals surface area contributed by atoms with Crippen LogP contribution < -0.4 is 10.1 Å². The molecular formula is C20H28N2O5. The number of rotatable bonds is 9. The molecule has 0 aromatic heterocycles. The van der Waals surface area contributed by atoms with Gasteiger partial charge in [0.25, 0.3) is 0 Å². The predicted octanol–water partition coefficient (Wildman–Crippen LogP) is 1.92. The van der Waals surface area contributed by atoms with Crippen molar-refractivity contribution < 1.29 is 24.2 Å². The molecule has 0 radical (unpaired) electrons. The van der Waals surface area contributed by atoms with E-state index in [1.54, 1.807) is 11.8 Å². The molecule has 1 aromatic rings. The quantitative estimate of drug-likeness (QED) is 0.686. The van der Waals surface area contributed by atoms with E-state index in [-0.39, 0.29) is 30.1 Å². The van der Waals surface area contributed by atoms with Gasteiger partial charge in [-0.1, -0.05) is 25.1 Å². The molecule has 1 aliphatic rings. The molecule has 0 spiro atoms. The highest BCUT2D eigenvalue weighted by atomic mass is 16.5. The van der Waals surface area contributed by atoms with Crippen LogP contribution >= 0.6 is 0 Å². The number of piperidine rings is 1. The van der Waals surface area contributed by atoms with Crippen LogP contribution in [0.1, 0.15) is 32.6 Å². The van der Waals surface area contributed by atoms with Gasteiger partial charge in [-0.3, -0.25) is 14.4 Å². The zero-order valence-corrected chi connectivity index (χ0v) is 15.7. The standard InChI is InChI=1S/C20H28N2O5/c1-15(13-19(24)25)14-21-20(26)16-7-10-22(11-8-16)18(23)9-12-27-17-5-3-2-4-6-17/h2-6,15-16H,7-14H2,1H3,(H,21,26)(H,24,25). The summed E-state index contributed by atoms with van der Waals surface area (Å²) in [5.74, 6) is -0.339. The first-order valence-electron chi connectivity index (χ1n) is 9.41. The molecule has 1 unspecified atom stereocenters. The average molecular weight is 376 g/mol. The second kappa shape index (κ2) is 10.5. The van der Waals surface area contributed by atoms with E-state index in [2.05, 4.69) is 5.32 Å². The Bertz CT molecular complexity index is 627. The Balaban J connectivity index is 1.64. The fourth-order valence-corrected chi connectivity index (χ4v) is 3.11. The monoisotopic (exact) mass is 376 g/mol. The van der Waals surface area contributed by atoms with Crippen molar-refractivity contribution >= 4 is 17.8 Å². The molecule has 2 N–H and O–H groups in total. The lowest BCUT2D eigenvalue weighted by molar-refractivity contribution is -0.138. The van der Waals surface area contributed by atoms with Crippen LogP contribution in [-0.4, -0.2) is 54.0 Å². The number of nitrogens with zero attached hydrogens (tertiary/aromatic N) is 1. The third kappa shape index (κ3) is 7.29. The Hall–Kier alpha value is -2.57. The van der Waals surface area contributed by atoms with E-state index >= 15 is 0 Å². The summed E-state index contributed by atoms with van der Waals surface area (Å²) in [6.07, 6.45) is 1.62. The molecule has 1 aliphatic heterocycles. The van der Waals surface area contributed by atoms with E-state index in [0.717, 1.165) is 5.75 Å². The molecule has 1 fully saturated rings. The Morgan fingerprint density at radius 3 is 2.52 bits per heavy atom. The molecule has 1 saturated heterocycles. The zero-order valence-electron chi connectivity index (χ0n) is 15.7. The highest BCUT2D eigenvalue weighted by Crippen LogP contribution is 2.18. The van der Waals surface area contributed by atoms with Gasteiger partial charge in [0.1, 0.15) is 5.75 Å². The third-order valence-corrected chi connectivity index (χ3v) is 4.69. The maximum Gasteiger partial charge on any atom is 0.303 e. The van der Waals surface area contributed by atoms with Crippen molar-refractivity contribution in [2.24, 2.45) is 11.8 Å². The lowest BCUT2D eigenvalue weighted by Gasteiger charge is -2.31. The Kier molecular flexibility index (Phi) is 8.10. The number of benzene rings is 1. The molecule has 1 heterocycles. The van der Waals surface area contributed by atoms with Gasteiger partial charge < -0.3 is 20.1 Å². The Morgan fingerprint density at radius 2 is 1.89 bits per heavy atom. The third-order valence-electron chi connectivity index (χ3n) is 4.69. The van der Waals surface area contributed by atoms with Gasteiger partial charge in [0.15, 0.2) is 0 Å². The molecular weight excluding hydrogens is 348 g/mol. The number of carboxylic acid groups (broad SMARTS) is 1. The van der Waals surface area contributed by atoms with Gasteiger partial charge >= 0.3 is 5.97 Å². The number of hydrogen-bond acceptors (Lipinski definition) is 4. The van der Waals surface area contributed by atoms with E-state index in [1.165, 1.54) is 0 Å². The molecule has 1 atom stereocenters. The number of carbonyl (C=O) groups is 3. The fraction of sp³-hybridized carbons (Fsp3) is 0.550. The van der Waals surface area contributed by atoms with Crippen molar-refractivity contribution in [2.45, 2.75) is 32.6 Å². The summed E-state index contributed by atoms with van der Waals surface area (Å²) >= 11 is 0. The molecule has 27 heavy (non-hydrogen) atoms. The van der Waals surface area contributed by atoms with Crippen LogP contribution in [0, 0.1) is 11.8 Å². The molecule has 2 rings (SSSR count). The number of likely N-dealkylation sites (tertiary alicyclic amines) is 1. The number of nitrogens with one attached hydrogen (secondary N) is 1. The minimum atomic E-state index is -0.861. The first kappa shape index (κ1) is 20.7. The number of carboxylic acids is 1. The van der Waals surface area contributed by atoms with Gasteiger partial charge in [-0.15, -0.1) is 0 Å². The van der Waals surface area contributed by atoms with Gasteiger partial charge in [0.2, 0.25) is 11.8 Å². The van der Waals surface area contributed by atoms with E-state index in [1.807, 2.05) is 30.3 Å². The fourth-order valence-electron chi connectivity index (χ4n) is 3.11. The van der Waals surface area contributed by atoms with Gasteiger partial charge in [-0.2, -0.15) is 0 Å². The minimum Gasteiger partial charge on any atom is -0.493 e. The lowest BCUT2D eigenvalue weighted by Crippen LogP contribution is -2.44. The van der Waals surface area contributed by atoms with Crippen molar-refractivity contribution in [1.29, 1.82) is 0 Å². The van der Waals surface area contributed by atoms with Crippen LogP contribution in [0.5, 0.6) is 5.75 Å². The first-order chi connectivity index (χ1) is 13.0. The smallest absolute Gasteiger partial charge is 0.303 e. The molecule has 2 amide bonds. The van der Waals surface area contributed by atoms with E-state index in [0.29, 0.717) is 45.5 Å². The number of ether oxygens (including phenoxy) is 1. The molecule has 7 nitrogen and oxygen atoms in total. The van der Waals surface area contributed by atoms with Crippen LogP contribution in [0.2, 0.25) is 0 Å². The number of para-hydroxylation sites is 1. The van der Waals surface area contributed by atoms with E-state index < -0.39 is 5.97 Å². The van der Waals surface area contributed by atoms with Crippen LogP contribution in [0.4, 0.5) is 0 Å². The SMILES string of the molecule is CC(CNC(=O)C1CCN(C(=O)CCOc2ccccc2)CC1)CC(=O)O. The average Bonchev–Trinajstić information content (AvgIpc) is 2.66. The predicted molar refractivity (Wildman–Crippen MR) is 100 cm³/mol. The summed E-state index contributed by atoms with van der Waals surface area (Å²) in [4.78, 5) is 36.9. The zero-order chi connectivity index (χ0) is 19.6. The van der Waals surface area contributed by atoms with E-state index in [9.17, 15) is 14.4 Å². The van der Waals surface area contributed by atoms with Gasteiger partial charge in [0.05, 0.1) is 13.0 Å². The lowest BCUT2D eigenvalue weighted by atomic mass is 9.95. The Morgan fingerprint density at radius 1 is 1.22 bits per heavy atom. The molecule has 7 heteroatoms. The van der Waals surface area contributed by atoms with Crippen LogP contribution in [0.15, 0.2) is 30.3 Å². The molecule has 148 valence electrons. The number of carbonyl (C=O) groups excluding carboxylic acids is 2. The van der Waals surface area contributed by atoms with E-state index in [4.69, 9.17) is 9.84 Å². The summed E-state index contributed by atoms with van der Waals surface area (Å²) in [7, 11) is 0. The number of aliphatic carboxylic acids is 1. The Labute approximate surface area is 159 Å². The summed E-state index contributed by atoms with van der Waals surface area (Å²) in [6.45, 7) is 3.62. The summed E-state index contributed by atoms with van der Waals surface area (Å²) in [5.41, 5.74) is 0. The number of amides is 2. The molecule has 1 aromatic carbocycles. The highest BCUT2D eigenvalue weighted by molar-refractivity contribution is 5.80. The molecule has 0 saturated carbocycles. The van der Waals surface area contributed by atoms with Crippen molar-refractivity contribution in [1.82, 2.24) is 10.2 Å². The summed E-state index contributed by atoms with van der Waals surface area (Å²) in [6, 6.07) is 9.38. The minimum absolute atomic E-state index is 0.0400. The maximum absolute atomic E-state index is 12.3. The van der Waals surface area contributed by atoms with Crippen molar-refractivity contribution in [3.8, 4) is 5.75 Å². The summed E-state index contributed by atoms with van der Waals surface area (Å²) < 4.78 is 5.56. The first-order valence-corrected chi connectivity index (χ1v) is 9.41. The van der Waals surface area contributed by atoms with Crippen molar-refractivity contribution in [2.75, 3.05) is 26.2 Å². The largest absolute Gasteiger partial charge is 0.493 e. The topological polar surface area (TPSA) is 95.9 Å². The van der Waals surface area contributed by atoms with Gasteiger partial charge in [-0.05, 0) is 30.9 Å². The van der Waals surface area contributed by atoms with Gasteiger partial charge in [0, 0.05) is 32.0 Å². The van der Waals surface area contributed by atoms with Crippen molar-refractivity contribution in [3.63, 3.8) is 0 Å². The normalized spacial score (nSPS) is 15.8.